The average Bonchev–Trinajstić information content (AvgIpc) is 2.46. The van der Waals surface area contributed by atoms with Crippen molar-refractivity contribution in [2.75, 3.05) is 0 Å². The Balaban J connectivity index is 4.43. The van der Waals surface area contributed by atoms with Crippen molar-refractivity contribution in [1.82, 2.24) is 0 Å². The summed E-state index contributed by atoms with van der Waals surface area (Å²) >= 11 is 0. The molecule has 0 saturated carbocycles. The molecule has 0 aromatic heterocycles. The molecule has 0 fully saturated rings. The minimum absolute atomic E-state index is 0.0936. The lowest BCUT2D eigenvalue weighted by Crippen LogP contribution is -2.11. The predicted molar refractivity (Wildman–Crippen MR) is 86.4 cm³/mol. The first-order valence-electron chi connectivity index (χ1n) is 7.84. The molecule has 0 saturated heterocycles. The van der Waals surface area contributed by atoms with Gasteiger partial charge in [-0.05, 0) is 36.2 Å². The van der Waals surface area contributed by atoms with Crippen LogP contribution in [0, 0.1) is 17.8 Å². The topological polar surface area (TPSA) is 20.2 Å². The molecule has 0 spiro atoms. The molecule has 0 heterocycles. The molecule has 21 heavy (non-hydrogen) atoms. The summed E-state index contributed by atoms with van der Waals surface area (Å²) in [4.78, 5) is 0. The molecule has 1 N–H and O–H groups in total. The molecular weight excluding hydrogens is 270 g/mol. The fourth-order valence-corrected chi connectivity index (χ4v) is 2.27. The number of aliphatic hydroxyl groups excluding tert-OH is 1. The number of hydrogen-bond donors (Lipinski definition) is 1. The standard InChI is InChI=1S/C18H30F2O/c1-7-8-9-12(2)13(3)10-11-14(4)15(5)17(19)18(20)16(6)21/h12-14,21H,5-11H2,1-4H3/b18-17-. The van der Waals surface area contributed by atoms with Crippen LogP contribution in [-0.2, 0) is 0 Å². The van der Waals surface area contributed by atoms with Crippen LogP contribution < -0.4 is 0 Å². The van der Waals surface area contributed by atoms with Crippen LogP contribution in [-0.4, -0.2) is 5.11 Å². The van der Waals surface area contributed by atoms with Gasteiger partial charge in [-0.2, -0.15) is 4.39 Å². The van der Waals surface area contributed by atoms with E-state index in [1.54, 1.807) is 0 Å². The number of halogens is 2. The number of rotatable bonds is 10. The average molecular weight is 300 g/mol. The van der Waals surface area contributed by atoms with E-state index in [1.165, 1.54) is 19.3 Å². The highest BCUT2D eigenvalue weighted by molar-refractivity contribution is 5.32. The SMILES string of the molecule is C=C(O)/C(F)=C(/F)C(=C)C(C)CCC(C)C(C)CCCC. The molecule has 3 heteroatoms. The molecule has 3 unspecified atom stereocenters. The molecule has 0 radical (unpaired) electrons. The van der Waals surface area contributed by atoms with Gasteiger partial charge in [0.05, 0.1) is 0 Å². The van der Waals surface area contributed by atoms with Crippen molar-refractivity contribution in [2.45, 2.75) is 59.8 Å². The lowest BCUT2D eigenvalue weighted by Gasteiger charge is -2.22. The van der Waals surface area contributed by atoms with Gasteiger partial charge in [0.15, 0.2) is 11.7 Å². The molecule has 0 aliphatic heterocycles. The zero-order chi connectivity index (χ0) is 16.6. The van der Waals surface area contributed by atoms with Gasteiger partial charge >= 0.3 is 0 Å². The Labute approximate surface area is 128 Å². The summed E-state index contributed by atoms with van der Waals surface area (Å²) in [5.74, 6) is -2.24. The van der Waals surface area contributed by atoms with Gasteiger partial charge in [0.2, 0.25) is 0 Å². The molecule has 0 bridgehead atoms. The van der Waals surface area contributed by atoms with E-state index in [1.807, 2.05) is 6.92 Å². The quantitative estimate of drug-likeness (QED) is 0.354. The van der Waals surface area contributed by atoms with Gasteiger partial charge in [-0.3, -0.25) is 0 Å². The highest BCUT2D eigenvalue weighted by atomic mass is 19.2. The Kier molecular flexibility index (Phi) is 9.23. The van der Waals surface area contributed by atoms with Crippen LogP contribution in [0.2, 0.25) is 0 Å². The largest absolute Gasteiger partial charge is 0.505 e. The lowest BCUT2D eigenvalue weighted by atomic mass is 9.84. The summed E-state index contributed by atoms with van der Waals surface area (Å²) in [6.07, 6.45) is 5.36. The van der Waals surface area contributed by atoms with Crippen LogP contribution in [0.4, 0.5) is 8.78 Å². The zero-order valence-electron chi connectivity index (χ0n) is 13.9. The fraction of sp³-hybridized carbons (Fsp3) is 0.667. The van der Waals surface area contributed by atoms with Gasteiger partial charge in [0.1, 0.15) is 5.76 Å². The van der Waals surface area contributed by atoms with Crippen molar-refractivity contribution in [3.63, 3.8) is 0 Å². The minimum Gasteiger partial charge on any atom is -0.505 e. The maximum Gasteiger partial charge on any atom is 0.199 e. The van der Waals surface area contributed by atoms with Gasteiger partial charge in [-0.25, -0.2) is 4.39 Å². The zero-order valence-corrected chi connectivity index (χ0v) is 13.9. The number of aliphatic hydroxyl groups is 1. The third-order valence-corrected chi connectivity index (χ3v) is 4.36. The van der Waals surface area contributed by atoms with E-state index < -0.39 is 17.4 Å². The highest BCUT2D eigenvalue weighted by Crippen LogP contribution is 2.31. The van der Waals surface area contributed by atoms with Crippen LogP contribution in [0.1, 0.15) is 59.8 Å². The Hall–Kier alpha value is -1.12. The van der Waals surface area contributed by atoms with Crippen molar-refractivity contribution in [3.8, 4) is 0 Å². The number of unbranched alkanes of at least 4 members (excludes halogenated alkanes) is 1. The van der Waals surface area contributed by atoms with Crippen molar-refractivity contribution in [1.29, 1.82) is 0 Å². The highest BCUT2D eigenvalue weighted by Gasteiger charge is 2.19. The Morgan fingerprint density at radius 1 is 0.952 bits per heavy atom. The monoisotopic (exact) mass is 300 g/mol. The summed E-state index contributed by atoms with van der Waals surface area (Å²) in [5, 5.41) is 8.89. The molecule has 1 nitrogen and oxygen atoms in total. The number of hydrogen-bond acceptors (Lipinski definition) is 1. The normalized spacial score (nSPS) is 16.9. The molecule has 0 amide bonds. The van der Waals surface area contributed by atoms with Crippen LogP contribution in [0.3, 0.4) is 0 Å². The molecule has 3 atom stereocenters. The first-order chi connectivity index (χ1) is 9.72. The van der Waals surface area contributed by atoms with E-state index in [2.05, 4.69) is 33.9 Å². The Morgan fingerprint density at radius 2 is 1.48 bits per heavy atom. The number of allylic oxidation sites excluding steroid dienone is 3. The fourth-order valence-electron chi connectivity index (χ4n) is 2.27. The van der Waals surface area contributed by atoms with Gasteiger partial charge in [0, 0.05) is 0 Å². The second-order valence-corrected chi connectivity index (χ2v) is 6.18. The molecule has 0 aliphatic carbocycles. The Bertz CT molecular complexity index is 385. The predicted octanol–water partition coefficient (Wildman–Crippen LogP) is 6.64. The van der Waals surface area contributed by atoms with E-state index in [-0.39, 0.29) is 11.5 Å². The van der Waals surface area contributed by atoms with E-state index in [9.17, 15) is 8.78 Å². The molecule has 0 aliphatic rings. The molecule has 122 valence electrons. The summed E-state index contributed by atoms with van der Waals surface area (Å²) < 4.78 is 27.0. The van der Waals surface area contributed by atoms with Gasteiger partial charge in [0.25, 0.3) is 0 Å². The Morgan fingerprint density at radius 3 is 1.95 bits per heavy atom. The van der Waals surface area contributed by atoms with Crippen LogP contribution in [0.15, 0.2) is 36.1 Å². The van der Waals surface area contributed by atoms with Crippen LogP contribution in [0.5, 0.6) is 0 Å². The third-order valence-electron chi connectivity index (χ3n) is 4.36. The maximum absolute atomic E-state index is 13.7. The molecular formula is C18H30F2O. The summed E-state index contributed by atoms with van der Waals surface area (Å²) in [6.45, 7) is 15.1. The van der Waals surface area contributed by atoms with Crippen molar-refractivity contribution < 1.29 is 13.9 Å². The van der Waals surface area contributed by atoms with Gasteiger partial charge in [-0.15, -0.1) is 0 Å². The van der Waals surface area contributed by atoms with Crippen molar-refractivity contribution in [3.05, 3.63) is 36.1 Å². The maximum atomic E-state index is 13.7. The van der Waals surface area contributed by atoms with E-state index in [0.29, 0.717) is 11.8 Å². The lowest BCUT2D eigenvalue weighted by molar-refractivity contribution is 0.316. The molecule has 0 aromatic carbocycles. The van der Waals surface area contributed by atoms with Gasteiger partial charge < -0.3 is 5.11 Å². The van der Waals surface area contributed by atoms with E-state index in [4.69, 9.17) is 5.11 Å². The second kappa shape index (κ2) is 9.75. The smallest absolute Gasteiger partial charge is 0.199 e. The summed E-state index contributed by atoms with van der Waals surface area (Å²) in [6, 6.07) is 0. The first kappa shape index (κ1) is 19.9. The molecule has 0 rings (SSSR count). The summed E-state index contributed by atoms with van der Waals surface area (Å²) in [5.41, 5.74) is 0.0936. The van der Waals surface area contributed by atoms with Crippen LogP contribution in [0.25, 0.3) is 0 Å². The molecule has 0 aromatic rings. The first-order valence-corrected chi connectivity index (χ1v) is 7.84. The summed E-state index contributed by atoms with van der Waals surface area (Å²) in [7, 11) is 0. The van der Waals surface area contributed by atoms with E-state index in [0.717, 1.165) is 12.8 Å². The van der Waals surface area contributed by atoms with Crippen molar-refractivity contribution >= 4 is 0 Å². The second-order valence-electron chi connectivity index (χ2n) is 6.18. The third kappa shape index (κ3) is 6.92. The minimum atomic E-state index is -1.31. The van der Waals surface area contributed by atoms with E-state index >= 15 is 0 Å². The van der Waals surface area contributed by atoms with Crippen LogP contribution >= 0.6 is 0 Å². The van der Waals surface area contributed by atoms with Gasteiger partial charge in [-0.1, -0.05) is 60.1 Å². The van der Waals surface area contributed by atoms with Crippen molar-refractivity contribution in [2.24, 2.45) is 17.8 Å².